The van der Waals surface area contributed by atoms with Gasteiger partial charge in [0.25, 0.3) is 0 Å². The molecular weight excluding hydrogens is 236 g/mol. The average molecular weight is 270 g/mol. The van der Waals surface area contributed by atoms with Crippen LogP contribution in [0.3, 0.4) is 0 Å². The van der Waals surface area contributed by atoms with Crippen molar-refractivity contribution in [3.8, 4) is 0 Å². The molecule has 0 aromatic carbocycles. The van der Waals surface area contributed by atoms with Crippen molar-refractivity contribution in [3.63, 3.8) is 0 Å². The van der Waals surface area contributed by atoms with Crippen LogP contribution in [-0.2, 0) is 0 Å². The molecule has 0 aliphatic heterocycles. The molecule has 0 aromatic rings. The van der Waals surface area contributed by atoms with Crippen LogP contribution in [0.25, 0.3) is 0 Å². The Balaban J connectivity index is 4.48. The fourth-order valence-corrected chi connectivity index (χ4v) is 2.30. The van der Waals surface area contributed by atoms with Crippen LogP contribution in [0.15, 0.2) is 11.6 Å². The van der Waals surface area contributed by atoms with Gasteiger partial charge in [-0.15, -0.1) is 0 Å². The van der Waals surface area contributed by atoms with E-state index in [4.69, 9.17) is 0 Å². The van der Waals surface area contributed by atoms with Crippen molar-refractivity contribution in [2.45, 2.75) is 79.9 Å². The van der Waals surface area contributed by atoms with Gasteiger partial charge in [0.1, 0.15) is 0 Å². The summed E-state index contributed by atoms with van der Waals surface area (Å²) in [4.78, 5) is 0. The second kappa shape index (κ2) is 8.06. The van der Waals surface area contributed by atoms with E-state index >= 15 is 0 Å². The van der Waals surface area contributed by atoms with Gasteiger partial charge in [0, 0.05) is 5.92 Å². The Hall–Kier alpha value is -0.340. The molecule has 0 radical (unpaired) electrons. The Morgan fingerprint density at radius 2 is 1.68 bits per heavy atom. The first-order valence-corrected chi connectivity index (χ1v) is 7.63. The minimum absolute atomic E-state index is 0.103. The maximum Gasteiger partial charge on any atom is 0.0624 e. The quantitative estimate of drug-likeness (QED) is 0.650. The van der Waals surface area contributed by atoms with E-state index in [9.17, 15) is 10.2 Å². The molecule has 0 aromatic heterocycles. The molecule has 4 atom stereocenters. The summed E-state index contributed by atoms with van der Waals surface area (Å²) in [6.07, 6.45) is 3.97. The monoisotopic (exact) mass is 270 g/mol. The summed E-state index contributed by atoms with van der Waals surface area (Å²) in [6, 6.07) is 0. The van der Waals surface area contributed by atoms with Crippen LogP contribution in [0, 0.1) is 17.3 Å². The Kier molecular flexibility index (Phi) is 7.92. The van der Waals surface area contributed by atoms with Gasteiger partial charge in [-0.1, -0.05) is 52.7 Å². The molecule has 2 heteroatoms. The molecule has 0 unspecified atom stereocenters. The Morgan fingerprint density at radius 3 is 2.11 bits per heavy atom. The van der Waals surface area contributed by atoms with Crippen molar-refractivity contribution in [3.05, 3.63) is 11.6 Å². The van der Waals surface area contributed by atoms with Gasteiger partial charge in [-0.05, 0) is 38.0 Å². The molecule has 0 heterocycles. The molecule has 0 aliphatic carbocycles. The van der Waals surface area contributed by atoms with Gasteiger partial charge >= 0.3 is 0 Å². The fourth-order valence-electron chi connectivity index (χ4n) is 2.30. The predicted molar refractivity (Wildman–Crippen MR) is 83.1 cm³/mol. The lowest BCUT2D eigenvalue weighted by Crippen LogP contribution is -2.23. The molecule has 0 bridgehead atoms. The molecule has 19 heavy (non-hydrogen) atoms. The van der Waals surface area contributed by atoms with Gasteiger partial charge in [0.15, 0.2) is 0 Å². The van der Waals surface area contributed by atoms with Crippen molar-refractivity contribution >= 4 is 0 Å². The SMILES string of the molecule is CCC(C)(C)[C@@H](C)C/C(C)=C/[C@@H](C)[C@H](O)C[C@@H](C)O. The van der Waals surface area contributed by atoms with Crippen molar-refractivity contribution in [1.82, 2.24) is 0 Å². The number of hydrogen-bond donors (Lipinski definition) is 2. The van der Waals surface area contributed by atoms with E-state index < -0.39 is 12.2 Å². The zero-order chi connectivity index (χ0) is 15.2. The summed E-state index contributed by atoms with van der Waals surface area (Å²) in [5.74, 6) is 0.737. The van der Waals surface area contributed by atoms with Crippen molar-refractivity contribution in [1.29, 1.82) is 0 Å². The minimum atomic E-state index is -0.454. The van der Waals surface area contributed by atoms with Crippen LogP contribution < -0.4 is 0 Å². The normalized spacial score (nSPS) is 19.9. The molecule has 0 fully saturated rings. The second-order valence-corrected chi connectivity index (χ2v) is 6.97. The zero-order valence-electron chi connectivity index (χ0n) is 13.9. The largest absolute Gasteiger partial charge is 0.393 e. The first kappa shape index (κ1) is 18.7. The Morgan fingerprint density at radius 1 is 1.16 bits per heavy atom. The van der Waals surface area contributed by atoms with Crippen LogP contribution in [0.1, 0.15) is 67.7 Å². The van der Waals surface area contributed by atoms with Gasteiger partial charge in [0.05, 0.1) is 12.2 Å². The molecule has 2 N–H and O–H groups in total. The van der Waals surface area contributed by atoms with Gasteiger partial charge in [-0.2, -0.15) is 0 Å². The number of aliphatic hydroxyl groups excluding tert-OH is 2. The van der Waals surface area contributed by atoms with E-state index in [1.807, 2.05) is 6.92 Å². The van der Waals surface area contributed by atoms with E-state index in [1.54, 1.807) is 6.92 Å². The molecule has 0 rings (SSSR count). The average Bonchev–Trinajstić information content (AvgIpc) is 2.27. The highest BCUT2D eigenvalue weighted by atomic mass is 16.3. The van der Waals surface area contributed by atoms with Gasteiger partial charge in [-0.25, -0.2) is 0 Å². The van der Waals surface area contributed by atoms with Gasteiger partial charge < -0.3 is 10.2 Å². The third kappa shape index (κ3) is 7.12. The molecule has 0 amide bonds. The van der Waals surface area contributed by atoms with Crippen LogP contribution in [-0.4, -0.2) is 22.4 Å². The van der Waals surface area contributed by atoms with Crippen molar-refractivity contribution < 1.29 is 10.2 Å². The second-order valence-electron chi connectivity index (χ2n) is 6.97. The molecule has 114 valence electrons. The van der Waals surface area contributed by atoms with Crippen LogP contribution in [0.4, 0.5) is 0 Å². The van der Waals surface area contributed by atoms with Gasteiger partial charge in [0.2, 0.25) is 0 Å². The molecular formula is C17H34O2. The number of hydrogen-bond acceptors (Lipinski definition) is 2. The number of allylic oxidation sites excluding steroid dienone is 1. The summed E-state index contributed by atoms with van der Waals surface area (Å²) in [7, 11) is 0. The maximum atomic E-state index is 9.97. The molecule has 2 nitrogen and oxygen atoms in total. The van der Waals surface area contributed by atoms with E-state index in [1.165, 1.54) is 12.0 Å². The first-order chi connectivity index (χ1) is 8.60. The summed E-state index contributed by atoms with van der Waals surface area (Å²) in [6.45, 7) is 15.1. The van der Waals surface area contributed by atoms with E-state index in [-0.39, 0.29) is 5.92 Å². The lowest BCUT2D eigenvalue weighted by molar-refractivity contribution is 0.0685. The van der Waals surface area contributed by atoms with Crippen molar-refractivity contribution in [2.24, 2.45) is 17.3 Å². The molecule has 0 saturated carbocycles. The topological polar surface area (TPSA) is 40.5 Å². The van der Waals surface area contributed by atoms with E-state index in [0.29, 0.717) is 17.8 Å². The van der Waals surface area contributed by atoms with E-state index in [0.717, 1.165) is 6.42 Å². The smallest absolute Gasteiger partial charge is 0.0624 e. The minimum Gasteiger partial charge on any atom is -0.393 e. The summed E-state index contributed by atoms with van der Waals surface area (Å²) in [5, 5.41) is 19.3. The predicted octanol–water partition coefficient (Wildman–Crippen LogP) is 4.16. The lowest BCUT2D eigenvalue weighted by atomic mass is 9.75. The lowest BCUT2D eigenvalue weighted by Gasteiger charge is -2.31. The zero-order valence-corrected chi connectivity index (χ0v) is 13.9. The summed E-state index contributed by atoms with van der Waals surface area (Å²) < 4.78 is 0. The Labute approximate surface area is 119 Å². The molecule has 0 aliphatic rings. The third-order valence-corrected chi connectivity index (χ3v) is 4.61. The first-order valence-electron chi connectivity index (χ1n) is 7.63. The molecule has 0 spiro atoms. The maximum absolute atomic E-state index is 9.97. The van der Waals surface area contributed by atoms with Crippen LogP contribution in [0.5, 0.6) is 0 Å². The van der Waals surface area contributed by atoms with Crippen LogP contribution >= 0.6 is 0 Å². The summed E-state index contributed by atoms with van der Waals surface area (Å²) >= 11 is 0. The highest BCUT2D eigenvalue weighted by Crippen LogP contribution is 2.34. The summed E-state index contributed by atoms with van der Waals surface area (Å²) in [5.41, 5.74) is 1.70. The molecule has 0 saturated heterocycles. The van der Waals surface area contributed by atoms with Crippen molar-refractivity contribution in [2.75, 3.05) is 0 Å². The van der Waals surface area contributed by atoms with Gasteiger partial charge in [-0.3, -0.25) is 0 Å². The fraction of sp³-hybridized carbons (Fsp3) is 0.882. The third-order valence-electron chi connectivity index (χ3n) is 4.61. The standard InChI is InChI=1S/C17H34O2/c1-8-17(6,7)14(4)10-12(2)9-13(3)16(19)11-15(5)18/h9,13-16,18-19H,8,10-11H2,1-7H3/b12-9+/t13-,14+,15-,16-/m1/s1. The highest BCUT2D eigenvalue weighted by molar-refractivity contribution is 5.04. The highest BCUT2D eigenvalue weighted by Gasteiger charge is 2.24. The van der Waals surface area contributed by atoms with E-state index in [2.05, 4.69) is 40.7 Å². The van der Waals surface area contributed by atoms with Crippen LogP contribution in [0.2, 0.25) is 0 Å². The Bertz CT molecular complexity index is 279. The number of aliphatic hydroxyl groups is 2. The number of rotatable bonds is 8.